The molecule has 1 saturated carbocycles. The Morgan fingerprint density at radius 2 is 1.82 bits per heavy atom. The molecule has 0 bridgehead atoms. The second-order valence-electron chi connectivity index (χ2n) is 6.16. The van der Waals surface area contributed by atoms with E-state index in [0.29, 0.717) is 19.4 Å². The van der Waals surface area contributed by atoms with E-state index in [4.69, 9.17) is 10.8 Å². The van der Waals surface area contributed by atoms with Crippen molar-refractivity contribution < 1.29 is 9.90 Å². The summed E-state index contributed by atoms with van der Waals surface area (Å²) in [6.07, 6.45) is 6.90. The number of carbonyl (C=O) groups is 1. The highest BCUT2D eigenvalue weighted by Gasteiger charge is 2.32. The molecule has 1 aromatic rings. The number of carbonyl (C=O) groups excluding carboxylic acids is 1. The number of anilines is 1. The van der Waals surface area contributed by atoms with Crippen LogP contribution in [0.5, 0.6) is 0 Å². The Balaban J connectivity index is 0.00000242. The summed E-state index contributed by atoms with van der Waals surface area (Å²) in [5.74, 6) is 0.0530. The number of nitrogens with one attached hydrogen (secondary N) is 1. The van der Waals surface area contributed by atoms with Crippen molar-refractivity contribution >= 4 is 24.0 Å². The molecule has 4 N–H and O–H groups in total. The zero-order valence-corrected chi connectivity index (χ0v) is 13.8. The summed E-state index contributed by atoms with van der Waals surface area (Å²) in [5.41, 5.74) is 7.81. The maximum Gasteiger partial charge on any atom is 0.224 e. The topological polar surface area (TPSA) is 75.4 Å². The number of amides is 1. The van der Waals surface area contributed by atoms with Crippen LogP contribution >= 0.6 is 12.4 Å². The first-order valence-electron chi connectivity index (χ1n) is 7.87. The van der Waals surface area contributed by atoms with Crippen molar-refractivity contribution in [2.24, 2.45) is 11.1 Å². The van der Waals surface area contributed by atoms with Gasteiger partial charge < -0.3 is 16.2 Å². The van der Waals surface area contributed by atoms with Gasteiger partial charge in [0, 0.05) is 18.7 Å². The highest BCUT2D eigenvalue weighted by molar-refractivity contribution is 5.91. The molecule has 5 heteroatoms. The van der Waals surface area contributed by atoms with Gasteiger partial charge in [-0.2, -0.15) is 0 Å². The van der Waals surface area contributed by atoms with Crippen LogP contribution in [0.3, 0.4) is 0 Å². The number of hydrogen-bond donors (Lipinski definition) is 3. The molecule has 0 heterocycles. The minimum Gasteiger partial charge on any atom is -0.396 e. The minimum atomic E-state index is -0.000831. The third kappa shape index (κ3) is 5.27. The summed E-state index contributed by atoms with van der Waals surface area (Å²) >= 11 is 0. The second kappa shape index (κ2) is 9.13. The normalized spacial score (nSPS) is 16.6. The molecule has 1 aliphatic carbocycles. The van der Waals surface area contributed by atoms with Crippen LogP contribution in [0.1, 0.15) is 44.1 Å². The second-order valence-corrected chi connectivity index (χ2v) is 6.16. The lowest BCUT2D eigenvalue weighted by Gasteiger charge is -2.35. The molecule has 22 heavy (non-hydrogen) atoms. The van der Waals surface area contributed by atoms with Crippen molar-refractivity contribution in [3.05, 3.63) is 29.8 Å². The molecule has 4 nitrogen and oxygen atoms in total. The van der Waals surface area contributed by atoms with Gasteiger partial charge in [-0.1, -0.05) is 31.4 Å². The van der Waals surface area contributed by atoms with Gasteiger partial charge in [0.1, 0.15) is 0 Å². The van der Waals surface area contributed by atoms with E-state index in [9.17, 15) is 4.79 Å². The molecule has 2 rings (SSSR count). The van der Waals surface area contributed by atoms with Crippen molar-refractivity contribution in [2.45, 2.75) is 44.9 Å². The first-order valence-corrected chi connectivity index (χ1v) is 7.87. The monoisotopic (exact) mass is 326 g/mol. The van der Waals surface area contributed by atoms with Crippen LogP contribution in [0.25, 0.3) is 0 Å². The summed E-state index contributed by atoms with van der Waals surface area (Å²) in [6, 6.07) is 7.65. The molecule has 1 aromatic carbocycles. The van der Waals surface area contributed by atoms with Crippen LogP contribution < -0.4 is 11.1 Å². The van der Waals surface area contributed by atoms with Crippen LogP contribution in [0.15, 0.2) is 24.3 Å². The summed E-state index contributed by atoms with van der Waals surface area (Å²) < 4.78 is 0. The standard InChI is InChI=1S/C17H26N2O2.ClH/c18-13-17(9-2-1-3-10-17)12-16(21)19-15-6-4-14(5-7-15)8-11-20;/h4-7,20H,1-3,8-13,18H2,(H,19,21);1H. The Kier molecular flexibility index (Phi) is 7.87. The fraction of sp³-hybridized carbons (Fsp3) is 0.588. The molecule has 1 amide bonds. The fourth-order valence-corrected chi connectivity index (χ4v) is 3.18. The number of rotatable bonds is 6. The zero-order chi connectivity index (χ0) is 15.1. The molecule has 0 atom stereocenters. The molecule has 0 spiro atoms. The van der Waals surface area contributed by atoms with Crippen molar-refractivity contribution in [3.8, 4) is 0 Å². The van der Waals surface area contributed by atoms with Crippen LogP contribution in [0.2, 0.25) is 0 Å². The number of hydrogen-bond acceptors (Lipinski definition) is 3. The van der Waals surface area contributed by atoms with Crippen LogP contribution in [-0.4, -0.2) is 24.2 Å². The van der Waals surface area contributed by atoms with Crippen LogP contribution in [0, 0.1) is 5.41 Å². The number of aliphatic hydroxyl groups excluding tert-OH is 1. The van der Waals surface area contributed by atoms with E-state index < -0.39 is 0 Å². The van der Waals surface area contributed by atoms with Crippen LogP contribution in [0.4, 0.5) is 5.69 Å². The number of nitrogens with two attached hydrogens (primary N) is 1. The Morgan fingerprint density at radius 1 is 1.18 bits per heavy atom. The highest BCUT2D eigenvalue weighted by Crippen LogP contribution is 2.38. The quantitative estimate of drug-likeness (QED) is 0.752. The predicted molar refractivity (Wildman–Crippen MR) is 92.3 cm³/mol. The van der Waals surface area contributed by atoms with E-state index in [0.717, 1.165) is 24.1 Å². The van der Waals surface area contributed by atoms with E-state index in [-0.39, 0.29) is 30.3 Å². The van der Waals surface area contributed by atoms with E-state index in [2.05, 4.69) is 5.32 Å². The lowest BCUT2D eigenvalue weighted by molar-refractivity contribution is -0.118. The number of aliphatic hydroxyl groups is 1. The van der Waals surface area contributed by atoms with Gasteiger partial charge >= 0.3 is 0 Å². The van der Waals surface area contributed by atoms with Crippen molar-refractivity contribution in [1.82, 2.24) is 0 Å². The summed E-state index contributed by atoms with van der Waals surface area (Å²) in [4.78, 5) is 12.2. The average Bonchev–Trinajstić information content (AvgIpc) is 2.50. The molecule has 0 unspecified atom stereocenters. The molecule has 124 valence electrons. The van der Waals surface area contributed by atoms with E-state index in [1.165, 1.54) is 19.3 Å². The first-order chi connectivity index (χ1) is 10.2. The van der Waals surface area contributed by atoms with Crippen molar-refractivity contribution in [1.29, 1.82) is 0 Å². The minimum absolute atomic E-state index is 0. The van der Waals surface area contributed by atoms with Gasteiger partial charge in [-0.25, -0.2) is 0 Å². The first kappa shape index (κ1) is 18.9. The Labute approximate surface area is 138 Å². The Morgan fingerprint density at radius 3 is 2.36 bits per heavy atom. The zero-order valence-electron chi connectivity index (χ0n) is 13.0. The summed E-state index contributed by atoms with van der Waals surface area (Å²) in [5, 5.41) is 11.9. The van der Waals surface area contributed by atoms with Gasteiger partial charge in [0.2, 0.25) is 5.91 Å². The third-order valence-corrected chi connectivity index (χ3v) is 4.52. The van der Waals surface area contributed by atoms with E-state index in [1.807, 2.05) is 24.3 Å². The van der Waals surface area contributed by atoms with Gasteiger partial charge in [0.25, 0.3) is 0 Å². The van der Waals surface area contributed by atoms with Crippen LogP contribution in [-0.2, 0) is 11.2 Å². The summed E-state index contributed by atoms with van der Waals surface area (Å²) in [6.45, 7) is 0.737. The molecule has 1 fully saturated rings. The SMILES string of the molecule is Cl.NCC1(CC(=O)Nc2ccc(CCO)cc2)CCCCC1. The lowest BCUT2D eigenvalue weighted by atomic mass is 9.71. The molecular weight excluding hydrogens is 300 g/mol. The fourth-order valence-electron chi connectivity index (χ4n) is 3.18. The predicted octanol–water partition coefficient (Wildman–Crippen LogP) is 2.88. The Hall–Kier alpha value is -1.10. The molecule has 1 aliphatic rings. The van der Waals surface area contributed by atoms with Crippen molar-refractivity contribution in [3.63, 3.8) is 0 Å². The maximum atomic E-state index is 12.2. The molecule has 0 aliphatic heterocycles. The molecular formula is C17H27ClN2O2. The third-order valence-electron chi connectivity index (χ3n) is 4.52. The highest BCUT2D eigenvalue weighted by atomic mass is 35.5. The van der Waals surface area contributed by atoms with Gasteiger partial charge in [-0.15, -0.1) is 12.4 Å². The molecule has 0 radical (unpaired) electrons. The van der Waals surface area contributed by atoms with Gasteiger partial charge in [-0.05, 0) is 48.9 Å². The Bertz CT molecular complexity index is 456. The average molecular weight is 327 g/mol. The number of halogens is 1. The lowest BCUT2D eigenvalue weighted by Crippen LogP contribution is -2.36. The summed E-state index contributed by atoms with van der Waals surface area (Å²) in [7, 11) is 0. The molecule has 0 aromatic heterocycles. The van der Waals surface area contributed by atoms with Gasteiger partial charge in [0.05, 0.1) is 0 Å². The van der Waals surface area contributed by atoms with E-state index >= 15 is 0 Å². The van der Waals surface area contributed by atoms with E-state index in [1.54, 1.807) is 0 Å². The maximum absolute atomic E-state index is 12.2. The van der Waals surface area contributed by atoms with Crippen molar-refractivity contribution in [2.75, 3.05) is 18.5 Å². The molecule has 0 saturated heterocycles. The largest absolute Gasteiger partial charge is 0.396 e. The van der Waals surface area contributed by atoms with Gasteiger partial charge in [0.15, 0.2) is 0 Å². The van der Waals surface area contributed by atoms with Gasteiger partial charge in [-0.3, -0.25) is 4.79 Å². The number of benzene rings is 1. The smallest absolute Gasteiger partial charge is 0.224 e.